The average molecular weight is 655 g/mol. The number of nitro groups is 2. The maximum Gasteiger partial charge on any atom is 0.387 e. The Bertz CT molecular complexity index is 2060. The van der Waals surface area contributed by atoms with Crippen molar-refractivity contribution in [2.75, 3.05) is 5.43 Å². The normalized spacial score (nSPS) is 10.7. The number of nitro benzene ring substituents is 2. The Balaban J connectivity index is 1.47. The fourth-order valence-corrected chi connectivity index (χ4v) is 5.15. The molecule has 0 radical (unpaired) electrons. The van der Waals surface area contributed by atoms with Crippen LogP contribution in [0.1, 0.15) is 27.0 Å². The summed E-state index contributed by atoms with van der Waals surface area (Å²) in [5.74, 6) is 0.258. The molecule has 1 N–H and O–H groups in total. The quantitative estimate of drug-likeness (QED) is 0.0825. The zero-order valence-electron chi connectivity index (χ0n) is 26.1. The number of anilines is 1. The predicted octanol–water partition coefficient (Wildman–Crippen LogP) is 6.71. The van der Waals surface area contributed by atoms with Gasteiger partial charge in [0.15, 0.2) is 0 Å². The number of carbonyl (C=O) groups is 1. The molecule has 0 aliphatic carbocycles. The highest BCUT2D eigenvalue weighted by Gasteiger charge is 2.28. The fraction of sp³-hybridized carbons (Fsp3) is 0.0833. The average Bonchev–Trinajstić information content (AvgIpc) is 3.47. The lowest BCUT2D eigenvalue weighted by Gasteiger charge is -2.25. The van der Waals surface area contributed by atoms with Crippen LogP contribution in [0.15, 0.2) is 140 Å². The van der Waals surface area contributed by atoms with Crippen LogP contribution < -0.4 is 10.1 Å². The molecule has 6 rings (SSSR count). The second-order valence-electron chi connectivity index (χ2n) is 11.0. The Morgan fingerprint density at radius 1 is 0.714 bits per heavy atom. The molecule has 0 spiro atoms. The highest BCUT2D eigenvalue weighted by atomic mass is 16.6. The number of hydrogen-bond acceptors (Lipinski definition) is 7. The highest BCUT2D eigenvalue weighted by molar-refractivity contribution is 5.95. The Morgan fingerprint density at radius 2 is 1.22 bits per heavy atom. The number of non-ortho nitro benzene ring substituents is 2. The predicted molar refractivity (Wildman–Crippen MR) is 182 cm³/mol. The number of hydrazine groups is 1. The van der Waals surface area contributed by atoms with Crippen LogP contribution >= 0.6 is 0 Å². The lowest BCUT2D eigenvalue weighted by molar-refractivity contribution is -0.601. The first-order valence-corrected chi connectivity index (χ1v) is 15.3. The molecule has 13 heteroatoms. The minimum absolute atomic E-state index is 0.0632. The Kier molecular flexibility index (Phi) is 9.61. The van der Waals surface area contributed by atoms with Crippen LogP contribution in [0, 0.1) is 20.2 Å². The number of amides is 1. The third-order valence-electron chi connectivity index (χ3n) is 7.60. The zero-order valence-corrected chi connectivity index (χ0v) is 26.1. The summed E-state index contributed by atoms with van der Waals surface area (Å²) in [5.41, 5.74) is 11.4. The van der Waals surface area contributed by atoms with Gasteiger partial charge in [-0.15, -0.1) is 4.68 Å². The molecular formula is C36H30N8O5. The van der Waals surface area contributed by atoms with Gasteiger partial charge in [0, 0.05) is 40.5 Å². The lowest BCUT2D eigenvalue weighted by atomic mass is 10.1. The fourth-order valence-electron chi connectivity index (χ4n) is 5.15. The lowest BCUT2D eigenvalue weighted by Crippen LogP contribution is -2.42. The van der Waals surface area contributed by atoms with Gasteiger partial charge in [-0.3, -0.25) is 29.7 Å². The van der Waals surface area contributed by atoms with Crippen molar-refractivity contribution in [1.29, 1.82) is 0 Å². The van der Waals surface area contributed by atoms with Crippen LogP contribution in [0.2, 0.25) is 0 Å². The zero-order chi connectivity index (χ0) is 34.2. The number of aromatic nitrogens is 3. The number of carbonyl (C=O) groups excluding carboxylic acids is 1. The Morgan fingerprint density at radius 3 is 1.78 bits per heavy atom. The van der Waals surface area contributed by atoms with Crippen LogP contribution in [0.3, 0.4) is 0 Å². The molecule has 6 aromatic rings. The molecule has 0 unspecified atom stereocenters. The molecule has 0 atom stereocenters. The van der Waals surface area contributed by atoms with Gasteiger partial charge in [-0.1, -0.05) is 103 Å². The van der Waals surface area contributed by atoms with Crippen molar-refractivity contribution in [3.63, 3.8) is 0 Å². The van der Waals surface area contributed by atoms with E-state index < -0.39 is 15.8 Å². The van der Waals surface area contributed by atoms with E-state index in [9.17, 15) is 25.0 Å². The largest absolute Gasteiger partial charge is 0.560 e. The van der Waals surface area contributed by atoms with Gasteiger partial charge in [0.25, 0.3) is 17.3 Å². The van der Waals surface area contributed by atoms with E-state index in [-0.39, 0.29) is 36.0 Å². The molecule has 0 bridgehead atoms. The molecule has 5 aromatic carbocycles. The van der Waals surface area contributed by atoms with E-state index in [0.29, 0.717) is 17.9 Å². The van der Waals surface area contributed by atoms with E-state index in [0.717, 1.165) is 16.7 Å². The van der Waals surface area contributed by atoms with Crippen molar-refractivity contribution in [2.45, 2.75) is 19.6 Å². The molecule has 0 aliphatic rings. The van der Waals surface area contributed by atoms with E-state index in [1.165, 1.54) is 41.4 Å². The second kappa shape index (κ2) is 14.7. The molecule has 1 amide bonds. The van der Waals surface area contributed by atoms with Gasteiger partial charge in [0.05, 0.1) is 16.4 Å². The SMILES string of the molecule is O=C(c1ccc([N+](=O)[O-])cc1)N(Cc1ccccc1)Nc1nn(Cc2ccccc2)c(-c2ccc([N+](=O)[O-])cc2)[n+]1[N-]Cc1ccccc1. The molecule has 0 fully saturated rings. The molecule has 0 saturated carbocycles. The van der Waals surface area contributed by atoms with Crippen molar-refractivity contribution < 1.29 is 19.3 Å². The van der Waals surface area contributed by atoms with Crippen molar-refractivity contribution in [3.05, 3.63) is 187 Å². The molecule has 1 aromatic heterocycles. The molecular weight excluding hydrogens is 624 g/mol. The van der Waals surface area contributed by atoms with Crippen molar-refractivity contribution in [3.8, 4) is 11.4 Å². The Hall–Kier alpha value is -6.89. The second-order valence-corrected chi connectivity index (χ2v) is 11.0. The summed E-state index contributed by atoms with van der Waals surface area (Å²) in [4.78, 5) is 35.8. The minimum Gasteiger partial charge on any atom is -0.560 e. The number of nitrogens with zero attached hydrogens (tertiary/aromatic N) is 7. The summed E-state index contributed by atoms with van der Waals surface area (Å²) in [6.07, 6.45) is 0. The van der Waals surface area contributed by atoms with E-state index in [4.69, 9.17) is 10.5 Å². The van der Waals surface area contributed by atoms with Crippen LogP contribution in [-0.4, -0.2) is 30.5 Å². The van der Waals surface area contributed by atoms with Crippen molar-refractivity contribution in [2.24, 2.45) is 0 Å². The van der Waals surface area contributed by atoms with Gasteiger partial charge < -0.3 is 5.43 Å². The summed E-state index contributed by atoms with van der Waals surface area (Å²) in [6.45, 7) is 0.699. The molecule has 0 aliphatic heterocycles. The van der Waals surface area contributed by atoms with Crippen molar-refractivity contribution in [1.82, 2.24) is 14.8 Å². The third kappa shape index (κ3) is 7.74. The first-order chi connectivity index (χ1) is 23.9. The van der Waals surface area contributed by atoms with Crippen LogP contribution in [0.25, 0.3) is 16.8 Å². The molecule has 49 heavy (non-hydrogen) atoms. The summed E-state index contributed by atoms with van der Waals surface area (Å²) < 4.78 is 3.32. The smallest absolute Gasteiger partial charge is 0.387 e. The van der Waals surface area contributed by atoms with Crippen LogP contribution in [0.4, 0.5) is 17.3 Å². The van der Waals surface area contributed by atoms with Crippen molar-refractivity contribution >= 4 is 23.2 Å². The number of hydrogen-bond donors (Lipinski definition) is 1. The maximum absolute atomic E-state index is 14.0. The van der Waals surface area contributed by atoms with Gasteiger partial charge in [-0.2, -0.15) is 5.43 Å². The third-order valence-corrected chi connectivity index (χ3v) is 7.60. The topological polar surface area (TPSA) is 154 Å². The molecule has 0 saturated heterocycles. The number of nitrogens with one attached hydrogen (secondary N) is 1. The minimum atomic E-state index is -0.523. The first kappa shape index (κ1) is 32.1. The number of rotatable bonds is 13. The molecule has 13 nitrogen and oxygen atoms in total. The first-order valence-electron chi connectivity index (χ1n) is 15.3. The summed E-state index contributed by atoms with van der Waals surface area (Å²) in [7, 11) is 0. The number of benzene rings is 5. The van der Waals surface area contributed by atoms with Crippen LogP contribution in [0.5, 0.6) is 0 Å². The maximum atomic E-state index is 14.0. The molecule has 1 heterocycles. The standard InChI is InChI=1S/C36H30N8O5/c45-35(31-18-22-33(23-19-31)44(48)49)41(26-29-14-8-3-9-15-29)39-36-38-40(25-28-12-6-2-7-13-28)34(30-16-20-32(21-17-30)43(46)47)42(36)37-24-27-10-4-1-5-11-27/h1-23H,24-26H2,(H,38,39). The monoisotopic (exact) mass is 654 g/mol. The Labute approximate surface area is 280 Å². The summed E-state index contributed by atoms with van der Waals surface area (Å²) >= 11 is 0. The van der Waals surface area contributed by atoms with Gasteiger partial charge >= 0.3 is 5.95 Å². The van der Waals surface area contributed by atoms with Crippen LogP contribution in [-0.2, 0) is 19.6 Å². The van der Waals surface area contributed by atoms with E-state index >= 15 is 0 Å². The highest BCUT2D eigenvalue weighted by Crippen LogP contribution is 2.24. The van der Waals surface area contributed by atoms with E-state index in [1.54, 1.807) is 21.5 Å². The van der Waals surface area contributed by atoms with Gasteiger partial charge in [-0.25, -0.2) is 5.01 Å². The van der Waals surface area contributed by atoms with E-state index in [1.807, 2.05) is 91.0 Å². The van der Waals surface area contributed by atoms with Gasteiger partial charge in [-0.05, 0) is 35.4 Å². The molecule has 244 valence electrons. The van der Waals surface area contributed by atoms with E-state index in [2.05, 4.69) is 5.43 Å². The van der Waals surface area contributed by atoms with Gasteiger partial charge in [0.2, 0.25) is 5.82 Å². The van der Waals surface area contributed by atoms with Gasteiger partial charge in [0.1, 0.15) is 6.54 Å². The summed E-state index contributed by atoms with van der Waals surface area (Å²) in [5, 5.41) is 29.0. The summed E-state index contributed by atoms with van der Waals surface area (Å²) in [6, 6.07) is 40.1.